The van der Waals surface area contributed by atoms with Crippen LogP contribution in [-0.2, 0) is 20.8 Å². The molecule has 2 aliphatic heterocycles. The molecule has 1 aromatic rings. The second-order valence-corrected chi connectivity index (χ2v) is 8.18. The van der Waals surface area contributed by atoms with E-state index in [0.717, 1.165) is 18.7 Å². The Labute approximate surface area is 160 Å². The lowest BCUT2D eigenvalue weighted by Crippen LogP contribution is -2.56. The monoisotopic (exact) mass is 372 g/mol. The van der Waals surface area contributed by atoms with E-state index >= 15 is 0 Å². The van der Waals surface area contributed by atoms with Gasteiger partial charge in [-0.2, -0.15) is 0 Å². The van der Waals surface area contributed by atoms with E-state index in [4.69, 9.17) is 9.47 Å². The molecule has 1 aromatic carbocycles. The first-order chi connectivity index (χ1) is 12.8. The predicted octanol–water partition coefficient (Wildman–Crippen LogP) is 2.98. The summed E-state index contributed by atoms with van der Waals surface area (Å²) in [7, 11) is 1.37. The quantitative estimate of drug-likeness (QED) is 0.603. The third kappa shape index (κ3) is 4.69. The molecule has 2 aliphatic rings. The smallest absolute Gasteiger partial charge is 0.411 e. The largest absolute Gasteiger partial charge is 0.466 e. The van der Waals surface area contributed by atoms with Gasteiger partial charge in [-0.15, -0.1) is 0 Å². The molecule has 6 nitrogen and oxygen atoms in total. The number of rotatable bonds is 3. The number of likely N-dealkylation sites (tertiary alicyclic amines) is 1. The highest BCUT2D eigenvalue weighted by Gasteiger charge is 2.47. The number of carbonyl (C=O) groups is 2. The van der Waals surface area contributed by atoms with Gasteiger partial charge < -0.3 is 9.47 Å². The van der Waals surface area contributed by atoms with Crippen molar-refractivity contribution in [2.75, 3.05) is 20.2 Å². The van der Waals surface area contributed by atoms with E-state index in [1.807, 2.05) is 43.9 Å². The Hall–Kier alpha value is -2.34. The number of carbonyl (C=O) groups excluding carboxylic acids is 2. The number of esters is 1. The molecule has 2 saturated heterocycles. The third-order valence-electron chi connectivity index (χ3n) is 4.89. The zero-order valence-electron chi connectivity index (χ0n) is 16.5. The molecule has 6 heteroatoms. The van der Waals surface area contributed by atoms with Crippen LogP contribution in [0.3, 0.4) is 0 Å². The minimum absolute atomic E-state index is 0.00165. The lowest BCUT2D eigenvalue weighted by Gasteiger charge is -2.41. The van der Waals surface area contributed by atoms with Gasteiger partial charge in [0, 0.05) is 25.7 Å². The summed E-state index contributed by atoms with van der Waals surface area (Å²) in [5.74, 6) is -0.378. The highest BCUT2D eigenvalue weighted by Crippen LogP contribution is 2.36. The molecule has 2 atom stereocenters. The topological polar surface area (TPSA) is 59.1 Å². The van der Waals surface area contributed by atoms with Crippen molar-refractivity contribution >= 4 is 12.1 Å². The van der Waals surface area contributed by atoms with E-state index in [1.54, 1.807) is 0 Å². The maximum Gasteiger partial charge on any atom is 0.411 e. The zero-order chi connectivity index (χ0) is 19.6. The van der Waals surface area contributed by atoms with Crippen molar-refractivity contribution in [1.29, 1.82) is 0 Å². The molecule has 1 amide bonds. The Kier molecular flexibility index (Phi) is 5.56. The lowest BCUT2D eigenvalue weighted by molar-refractivity contribution is -0.134. The third-order valence-corrected chi connectivity index (χ3v) is 4.89. The summed E-state index contributed by atoms with van der Waals surface area (Å²) in [5, 5.41) is 0. The first-order valence-corrected chi connectivity index (χ1v) is 9.33. The maximum atomic E-state index is 12.8. The van der Waals surface area contributed by atoms with Crippen LogP contribution in [0.4, 0.5) is 4.79 Å². The van der Waals surface area contributed by atoms with Crippen LogP contribution in [0, 0.1) is 0 Å². The van der Waals surface area contributed by atoms with Crippen LogP contribution >= 0.6 is 0 Å². The number of benzene rings is 1. The van der Waals surface area contributed by atoms with Gasteiger partial charge in [0.05, 0.1) is 19.2 Å². The summed E-state index contributed by atoms with van der Waals surface area (Å²) in [6.07, 6.45) is 1.89. The van der Waals surface area contributed by atoms with Crippen molar-refractivity contribution in [2.24, 2.45) is 0 Å². The van der Waals surface area contributed by atoms with E-state index in [1.165, 1.54) is 18.7 Å². The Morgan fingerprint density at radius 2 is 1.89 bits per heavy atom. The van der Waals surface area contributed by atoms with Crippen molar-refractivity contribution in [2.45, 2.75) is 51.4 Å². The number of piperazine rings is 1. The van der Waals surface area contributed by atoms with Gasteiger partial charge in [-0.3, -0.25) is 9.80 Å². The van der Waals surface area contributed by atoms with Gasteiger partial charge >= 0.3 is 12.1 Å². The van der Waals surface area contributed by atoms with E-state index < -0.39 is 5.60 Å². The molecule has 3 rings (SSSR count). The Bertz CT molecular complexity index is 723. The second-order valence-electron chi connectivity index (χ2n) is 8.18. The van der Waals surface area contributed by atoms with E-state index in [2.05, 4.69) is 17.0 Å². The Morgan fingerprint density at radius 3 is 2.52 bits per heavy atom. The molecule has 0 saturated carbocycles. The highest BCUT2D eigenvalue weighted by molar-refractivity contribution is 5.83. The average Bonchev–Trinajstić information content (AvgIpc) is 2.81. The van der Waals surface area contributed by atoms with Gasteiger partial charge in [0.25, 0.3) is 0 Å². The highest BCUT2D eigenvalue weighted by atomic mass is 16.6. The van der Waals surface area contributed by atoms with Gasteiger partial charge in [-0.05, 0) is 38.3 Å². The van der Waals surface area contributed by atoms with Crippen LogP contribution in [0.15, 0.2) is 42.0 Å². The van der Waals surface area contributed by atoms with Gasteiger partial charge in [0.2, 0.25) is 0 Å². The van der Waals surface area contributed by atoms with Gasteiger partial charge in [0.1, 0.15) is 5.60 Å². The summed E-state index contributed by atoms with van der Waals surface area (Å²) >= 11 is 0. The first-order valence-electron chi connectivity index (χ1n) is 9.33. The minimum Gasteiger partial charge on any atom is -0.466 e. The van der Waals surface area contributed by atoms with Gasteiger partial charge in [-0.25, -0.2) is 9.59 Å². The molecule has 0 radical (unpaired) electrons. The number of hydrogen-bond donors (Lipinski definition) is 0. The van der Waals surface area contributed by atoms with Crippen molar-refractivity contribution in [3.8, 4) is 0 Å². The number of amides is 1. The van der Waals surface area contributed by atoms with Crippen LogP contribution in [0.1, 0.15) is 32.8 Å². The molecule has 0 aliphatic carbocycles. The lowest BCUT2D eigenvalue weighted by atomic mass is 10.1. The maximum absolute atomic E-state index is 12.8. The van der Waals surface area contributed by atoms with Crippen molar-refractivity contribution in [1.82, 2.24) is 9.80 Å². The molecular weight excluding hydrogens is 344 g/mol. The number of nitrogens with zero attached hydrogens (tertiary/aromatic N) is 2. The molecule has 0 spiro atoms. The molecule has 2 bridgehead atoms. The normalized spacial score (nSPS) is 24.1. The fourth-order valence-corrected chi connectivity index (χ4v) is 3.84. The van der Waals surface area contributed by atoms with Crippen LogP contribution < -0.4 is 0 Å². The van der Waals surface area contributed by atoms with Crippen LogP contribution in [0.2, 0.25) is 0 Å². The Balaban J connectivity index is 1.80. The molecule has 2 fully saturated rings. The molecule has 2 unspecified atom stereocenters. The van der Waals surface area contributed by atoms with Crippen LogP contribution in [0.5, 0.6) is 0 Å². The molecule has 27 heavy (non-hydrogen) atoms. The zero-order valence-corrected chi connectivity index (χ0v) is 16.5. The van der Waals surface area contributed by atoms with E-state index in [-0.39, 0.29) is 24.1 Å². The summed E-state index contributed by atoms with van der Waals surface area (Å²) in [6.45, 7) is 7.84. The van der Waals surface area contributed by atoms with Crippen molar-refractivity contribution in [3.63, 3.8) is 0 Å². The standard InChI is InChI=1S/C21H28N2O4/c1-21(2,3)27-20(25)23-17-10-16(11-19(24)26-4)18(23)14-22(13-17)12-15-8-6-5-7-9-15/h5-9,11,17-18H,10,12-14H2,1-4H3/b16-11+. The summed E-state index contributed by atoms with van der Waals surface area (Å²) < 4.78 is 10.4. The number of ether oxygens (including phenoxy) is 2. The van der Waals surface area contributed by atoms with Gasteiger partial charge in [-0.1, -0.05) is 30.3 Å². The van der Waals surface area contributed by atoms with E-state index in [9.17, 15) is 9.59 Å². The SMILES string of the molecule is COC(=O)/C=C1\CC2CN(Cc3ccccc3)CC1N2C(=O)OC(C)(C)C. The molecule has 0 aromatic heterocycles. The molecule has 146 valence electrons. The summed E-state index contributed by atoms with van der Waals surface area (Å²) in [4.78, 5) is 28.7. The minimum atomic E-state index is -0.552. The predicted molar refractivity (Wildman–Crippen MR) is 102 cm³/mol. The number of methoxy groups -OCH3 is 1. The summed E-state index contributed by atoms with van der Waals surface area (Å²) in [5.41, 5.74) is 1.62. The van der Waals surface area contributed by atoms with Gasteiger partial charge in [0.15, 0.2) is 0 Å². The first kappa shape index (κ1) is 19.4. The molecule has 2 heterocycles. The van der Waals surface area contributed by atoms with Crippen molar-refractivity contribution in [3.05, 3.63) is 47.5 Å². The number of fused-ring (bicyclic) bond motifs is 2. The second kappa shape index (κ2) is 7.72. The summed E-state index contributed by atoms with van der Waals surface area (Å²) in [6, 6.07) is 10.1. The average molecular weight is 372 g/mol. The van der Waals surface area contributed by atoms with Crippen LogP contribution in [0.25, 0.3) is 0 Å². The molecule has 0 N–H and O–H groups in total. The van der Waals surface area contributed by atoms with Crippen LogP contribution in [-0.4, -0.2) is 59.7 Å². The molecular formula is C21H28N2O4. The van der Waals surface area contributed by atoms with E-state index in [0.29, 0.717) is 13.0 Å². The Morgan fingerprint density at radius 1 is 1.19 bits per heavy atom. The fourth-order valence-electron chi connectivity index (χ4n) is 3.84. The number of hydrogen-bond acceptors (Lipinski definition) is 5. The fraction of sp³-hybridized carbons (Fsp3) is 0.524. The van der Waals surface area contributed by atoms with Crippen molar-refractivity contribution < 1.29 is 19.1 Å².